The van der Waals surface area contributed by atoms with Crippen LogP contribution in [0.4, 0.5) is 11.4 Å². The molecule has 0 aromatic heterocycles. The fraction of sp³-hybridized carbons (Fsp3) is 0. The summed E-state index contributed by atoms with van der Waals surface area (Å²) in [6, 6.07) is 11.4. The molecular formula is C17H10ClMnN2O6S-. The van der Waals surface area contributed by atoms with Crippen LogP contribution >= 0.6 is 11.6 Å². The molecule has 2 N–H and O–H groups in total. The summed E-state index contributed by atoms with van der Waals surface area (Å²) in [6.07, 6.45) is 0. The Balaban J connectivity index is 0.00000280. The molecule has 0 aliphatic rings. The standard InChI is InChI=1S/C17H11ClN2O6S.Mn/c18-13-6-5-10(8-14(13)27(24,25)26)19-20-15-11-4-2-1-3-9(11)7-12(16(15)21)17(22)23;/h1-8,21H,(H,22,23)(H,24,25,26);/p-1. The molecule has 11 heteroatoms. The van der Waals surface area contributed by atoms with Gasteiger partial charge in [0.05, 0.1) is 15.6 Å². The molecule has 0 fully saturated rings. The van der Waals surface area contributed by atoms with Crippen molar-refractivity contribution in [3.8, 4) is 5.75 Å². The van der Waals surface area contributed by atoms with Crippen LogP contribution in [0.5, 0.6) is 5.75 Å². The molecular weight excluding hydrogens is 451 g/mol. The van der Waals surface area contributed by atoms with E-state index in [2.05, 4.69) is 10.2 Å². The Morgan fingerprint density at radius 2 is 1.75 bits per heavy atom. The molecule has 0 aliphatic carbocycles. The van der Waals surface area contributed by atoms with E-state index in [-0.39, 0.29) is 39.0 Å². The van der Waals surface area contributed by atoms with Crippen molar-refractivity contribution in [1.29, 1.82) is 0 Å². The van der Waals surface area contributed by atoms with Crippen LogP contribution in [-0.2, 0) is 27.2 Å². The van der Waals surface area contributed by atoms with Crippen molar-refractivity contribution in [2.75, 3.05) is 0 Å². The Morgan fingerprint density at radius 3 is 2.39 bits per heavy atom. The quantitative estimate of drug-likeness (QED) is 0.339. The third kappa shape index (κ3) is 4.32. The molecule has 145 valence electrons. The van der Waals surface area contributed by atoms with Crippen LogP contribution in [-0.4, -0.2) is 29.2 Å². The number of aromatic carboxylic acids is 1. The van der Waals surface area contributed by atoms with Crippen LogP contribution in [0.3, 0.4) is 0 Å². The fourth-order valence-electron chi connectivity index (χ4n) is 2.44. The predicted octanol–water partition coefficient (Wildman–Crippen LogP) is 4.21. The monoisotopic (exact) mass is 460 g/mol. The second-order valence-corrected chi connectivity index (χ2v) is 7.17. The number of azo groups is 1. The largest absolute Gasteiger partial charge is 0.744 e. The maximum Gasteiger partial charge on any atom is 0.339 e. The zero-order valence-electron chi connectivity index (χ0n) is 13.7. The van der Waals surface area contributed by atoms with Gasteiger partial charge in [0.15, 0.2) is 5.75 Å². The zero-order chi connectivity index (χ0) is 19.8. The minimum atomic E-state index is -4.81. The minimum Gasteiger partial charge on any atom is -0.744 e. The van der Waals surface area contributed by atoms with Crippen molar-refractivity contribution in [2.24, 2.45) is 10.2 Å². The third-order valence-corrected chi connectivity index (χ3v) is 4.99. The Hall–Kier alpha value is -2.49. The van der Waals surface area contributed by atoms with Crippen LogP contribution < -0.4 is 0 Å². The van der Waals surface area contributed by atoms with E-state index in [0.29, 0.717) is 10.8 Å². The summed E-state index contributed by atoms with van der Waals surface area (Å²) in [5.74, 6) is -1.93. The van der Waals surface area contributed by atoms with E-state index in [0.717, 1.165) is 6.07 Å². The van der Waals surface area contributed by atoms with Gasteiger partial charge in [-0.05, 0) is 29.7 Å². The molecule has 3 aromatic rings. The van der Waals surface area contributed by atoms with Crippen molar-refractivity contribution in [1.82, 2.24) is 0 Å². The summed E-state index contributed by atoms with van der Waals surface area (Å²) in [5.41, 5.74) is -0.480. The van der Waals surface area contributed by atoms with Crippen LogP contribution in [0.15, 0.2) is 63.7 Å². The third-order valence-electron chi connectivity index (χ3n) is 3.68. The van der Waals surface area contributed by atoms with Crippen molar-refractivity contribution in [3.63, 3.8) is 0 Å². The van der Waals surface area contributed by atoms with Gasteiger partial charge in [-0.3, -0.25) is 0 Å². The summed E-state index contributed by atoms with van der Waals surface area (Å²) in [5, 5.41) is 27.9. The molecule has 0 aliphatic heterocycles. The van der Waals surface area contributed by atoms with Gasteiger partial charge in [0.1, 0.15) is 21.4 Å². The van der Waals surface area contributed by atoms with Crippen molar-refractivity contribution < 1.29 is 45.0 Å². The second kappa shape index (κ2) is 8.25. The molecule has 8 nitrogen and oxygen atoms in total. The van der Waals surface area contributed by atoms with Crippen LogP contribution in [0.1, 0.15) is 10.4 Å². The number of phenols is 1. The number of halogens is 1. The summed E-state index contributed by atoms with van der Waals surface area (Å²) in [6.45, 7) is 0. The predicted molar refractivity (Wildman–Crippen MR) is 96.2 cm³/mol. The van der Waals surface area contributed by atoms with E-state index in [9.17, 15) is 28.0 Å². The molecule has 0 unspecified atom stereocenters. The Bertz CT molecular complexity index is 1210. The number of nitrogens with zero attached hydrogens (tertiary/aromatic N) is 2. The number of fused-ring (bicyclic) bond motifs is 1. The first-order chi connectivity index (χ1) is 12.7. The number of hydrogen-bond donors (Lipinski definition) is 2. The fourth-order valence-corrected chi connectivity index (χ4v) is 3.41. The van der Waals surface area contributed by atoms with Crippen LogP contribution in [0, 0.1) is 0 Å². The summed E-state index contributed by atoms with van der Waals surface area (Å²) in [7, 11) is -4.81. The van der Waals surface area contributed by atoms with E-state index in [1.807, 2.05) is 0 Å². The van der Waals surface area contributed by atoms with E-state index in [1.165, 1.54) is 18.2 Å². The Labute approximate surface area is 174 Å². The molecule has 0 saturated carbocycles. The van der Waals surface area contributed by atoms with E-state index in [4.69, 9.17) is 11.6 Å². The van der Waals surface area contributed by atoms with E-state index in [1.54, 1.807) is 24.3 Å². The van der Waals surface area contributed by atoms with Gasteiger partial charge in [-0.1, -0.05) is 35.9 Å². The normalized spacial score (nSPS) is 11.5. The molecule has 0 heterocycles. The van der Waals surface area contributed by atoms with Crippen molar-refractivity contribution in [2.45, 2.75) is 4.90 Å². The number of carbonyl (C=O) groups is 1. The first kappa shape index (κ1) is 21.8. The number of rotatable bonds is 4. The van der Waals surface area contributed by atoms with Crippen LogP contribution in [0.2, 0.25) is 5.02 Å². The van der Waals surface area contributed by atoms with Gasteiger partial charge < -0.3 is 14.8 Å². The number of aromatic hydroxyl groups is 1. The summed E-state index contributed by atoms with van der Waals surface area (Å²) in [4.78, 5) is 10.7. The molecule has 1 radical (unpaired) electrons. The molecule has 28 heavy (non-hydrogen) atoms. The first-order valence-electron chi connectivity index (χ1n) is 7.33. The maximum absolute atomic E-state index is 11.3. The average molecular weight is 461 g/mol. The molecule has 0 atom stereocenters. The number of benzene rings is 3. The molecule has 0 bridgehead atoms. The van der Waals surface area contributed by atoms with E-state index < -0.39 is 26.7 Å². The number of carboxylic acid groups (broad SMARTS) is 1. The maximum atomic E-state index is 11.3. The van der Waals surface area contributed by atoms with Gasteiger partial charge in [-0.25, -0.2) is 13.2 Å². The molecule has 3 aromatic carbocycles. The van der Waals surface area contributed by atoms with Gasteiger partial charge in [-0.2, -0.15) is 5.11 Å². The smallest absolute Gasteiger partial charge is 0.339 e. The Morgan fingerprint density at radius 1 is 1.07 bits per heavy atom. The Kier molecular flexibility index (Phi) is 6.43. The zero-order valence-corrected chi connectivity index (χ0v) is 16.5. The molecule has 0 spiro atoms. The van der Waals surface area contributed by atoms with Gasteiger partial charge in [-0.15, -0.1) is 5.11 Å². The van der Waals surface area contributed by atoms with Crippen LogP contribution in [0.25, 0.3) is 10.8 Å². The first-order valence-corrected chi connectivity index (χ1v) is 9.12. The molecule has 0 amide bonds. The van der Waals surface area contributed by atoms with Gasteiger partial charge in [0.25, 0.3) is 0 Å². The number of carboxylic acids is 1. The summed E-state index contributed by atoms with van der Waals surface area (Å²) < 4.78 is 33.6. The minimum absolute atomic E-state index is 0. The van der Waals surface area contributed by atoms with Crippen molar-refractivity contribution in [3.05, 3.63) is 59.1 Å². The second-order valence-electron chi connectivity index (χ2n) is 5.42. The SMILES string of the molecule is O=C(O)c1cc2ccccc2c(N=Nc2ccc(Cl)c(S(=O)(=O)[O-])c2)c1O.[Mn]. The topological polar surface area (TPSA) is 139 Å². The number of hydrogen-bond acceptors (Lipinski definition) is 7. The molecule has 3 rings (SSSR count). The average Bonchev–Trinajstić information content (AvgIpc) is 2.60. The van der Waals surface area contributed by atoms with Gasteiger partial charge >= 0.3 is 5.97 Å². The van der Waals surface area contributed by atoms with Gasteiger partial charge in [0, 0.05) is 22.5 Å². The van der Waals surface area contributed by atoms with E-state index >= 15 is 0 Å². The van der Waals surface area contributed by atoms with Gasteiger partial charge in [0.2, 0.25) is 0 Å². The molecule has 0 saturated heterocycles. The summed E-state index contributed by atoms with van der Waals surface area (Å²) >= 11 is 5.70. The van der Waals surface area contributed by atoms with Crippen molar-refractivity contribution >= 4 is 49.8 Å².